The summed E-state index contributed by atoms with van der Waals surface area (Å²) in [5.74, 6) is 0.0658. The van der Waals surface area contributed by atoms with Gasteiger partial charge in [-0.1, -0.05) is 23.7 Å². The molecular weight excluding hydrogens is 403 g/mol. The smallest absolute Gasteiger partial charge is 0.272 e. The second kappa shape index (κ2) is 6.06. The summed E-state index contributed by atoms with van der Waals surface area (Å²) in [6.45, 7) is 0. The first kappa shape index (κ1) is 17.5. The van der Waals surface area contributed by atoms with E-state index in [1.807, 2.05) is 18.2 Å². The number of hydrogen-bond donors (Lipinski definition) is 3. The minimum absolute atomic E-state index is 0.0970. The Bertz CT molecular complexity index is 1570. The number of nitrogens with zero attached hydrogens (tertiary/aromatic N) is 1. The number of nitrogen functional groups attached to an aromatic ring is 1. The van der Waals surface area contributed by atoms with E-state index in [4.69, 9.17) is 17.3 Å². The van der Waals surface area contributed by atoms with Crippen molar-refractivity contribution in [3.63, 3.8) is 0 Å². The third-order valence-corrected chi connectivity index (χ3v) is 6.24. The number of rotatable bonds is 2. The standard InChI is InChI=1S/C23H16ClFN4O/c24-11-3-4-12-14(10-1-2-10)8-16-19(20(26)23(30)28-21(16)15(12)7-11)13-5-6-18(25)22-17(13)9-27-29-22/h3-10H,1-2,26H2,(H,27,29)(H,28,30). The number of H-pyrrole nitrogens is 2. The van der Waals surface area contributed by atoms with Crippen LogP contribution in [-0.4, -0.2) is 15.2 Å². The number of benzene rings is 3. The van der Waals surface area contributed by atoms with Gasteiger partial charge in [0, 0.05) is 26.7 Å². The molecule has 1 fully saturated rings. The third kappa shape index (κ3) is 2.40. The Balaban J connectivity index is 1.83. The Morgan fingerprint density at radius 1 is 1.03 bits per heavy atom. The van der Waals surface area contributed by atoms with Crippen LogP contribution >= 0.6 is 11.6 Å². The van der Waals surface area contributed by atoms with E-state index < -0.39 is 5.82 Å². The largest absolute Gasteiger partial charge is 0.394 e. The van der Waals surface area contributed by atoms with E-state index in [1.165, 1.54) is 11.6 Å². The van der Waals surface area contributed by atoms with Crippen LogP contribution < -0.4 is 11.3 Å². The van der Waals surface area contributed by atoms with E-state index in [0.717, 1.165) is 29.0 Å². The van der Waals surface area contributed by atoms with Crippen LogP contribution in [0, 0.1) is 5.82 Å². The minimum atomic E-state index is -0.408. The maximum Gasteiger partial charge on any atom is 0.272 e. The van der Waals surface area contributed by atoms with Gasteiger partial charge in [0.2, 0.25) is 0 Å². The zero-order valence-electron chi connectivity index (χ0n) is 15.7. The number of hydrogen-bond acceptors (Lipinski definition) is 3. The van der Waals surface area contributed by atoms with Crippen molar-refractivity contribution >= 4 is 49.9 Å². The molecule has 5 nitrogen and oxygen atoms in total. The fourth-order valence-electron chi connectivity index (χ4n) is 4.44. The van der Waals surface area contributed by atoms with Gasteiger partial charge in [0.25, 0.3) is 5.56 Å². The molecule has 5 aromatic rings. The molecule has 0 atom stereocenters. The van der Waals surface area contributed by atoms with Crippen LogP contribution in [0.1, 0.15) is 24.3 Å². The van der Waals surface area contributed by atoms with Gasteiger partial charge in [-0.3, -0.25) is 9.89 Å². The van der Waals surface area contributed by atoms with Crippen LogP contribution in [0.3, 0.4) is 0 Å². The number of aromatic nitrogens is 3. The molecule has 1 saturated carbocycles. The van der Waals surface area contributed by atoms with Gasteiger partial charge in [0.1, 0.15) is 17.0 Å². The second-order valence-corrected chi connectivity index (χ2v) is 8.29. The summed E-state index contributed by atoms with van der Waals surface area (Å²) >= 11 is 6.30. The summed E-state index contributed by atoms with van der Waals surface area (Å²) in [5.41, 5.74) is 9.43. The van der Waals surface area contributed by atoms with Crippen molar-refractivity contribution in [3.8, 4) is 11.1 Å². The minimum Gasteiger partial charge on any atom is -0.394 e. The zero-order valence-corrected chi connectivity index (χ0v) is 16.5. The van der Waals surface area contributed by atoms with E-state index in [2.05, 4.69) is 21.2 Å². The van der Waals surface area contributed by atoms with Gasteiger partial charge >= 0.3 is 0 Å². The van der Waals surface area contributed by atoms with Crippen LogP contribution in [-0.2, 0) is 0 Å². The summed E-state index contributed by atoms with van der Waals surface area (Å²) in [4.78, 5) is 15.8. The highest BCUT2D eigenvalue weighted by Crippen LogP contribution is 2.47. The number of anilines is 1. The quantitative estimate of drug-likeness (QED) is 0.332. The normalized spacial score (nSPS) is 14.2. The second-order valence-electron chi connectivity index (χ2n) is 7.85. The number of pyridine rings is 1. The van der Waals surface area contributed by atoms with E-state index in [-0.39, 0.29) is 16.8 Å². The first-order valence-electron chi connectivity index (χ1n) is 9.72. The van der Waals surface area contributed by atoms with Crippen LogP contribution in [0.4, 0.5) is 10.1 Å². The van der Waals surface area contributed by atoms with Crippen molar-refractivity contribution in [2.45, 2.75) is 18.8 Å². The first-order chi connectivity index (χ1) is 14.5. The van der Waals surface area contributed by atoms with Crippen molar-refractivity contribution in [1.29, 1.82) is 0 Å². The fraction of sp³-hybridized carbons (Fsp3) is 0.130. The summed E-state index contributed by atoms with van der Waals surface area (Å²) in [7, 11) is 0. The molecule has 0 saturated heterocycles. The van der Waals surface area contributed by atoms with Crippen LogP contribution in [0.5, 0.6) is 0 Å². The maximum absolute atomic E-state index is 14.3. The van der Waals surface area contributed by atoms with Gasteiger partial charge in [-0.25, -0.2) is 4.39 Å². The van der Waals surface area contributed by atoms with Crippen LogP contribution in [0.25, 0.3) is 43.7 Å². The lowest BCUT2D eigenvalue weighted by atomic mass is 9.91. The number of nitrogens with one attached hydrogen (secondary N) is 2. The topological polar surface area (TPSA) is 87.6 Å². The van der Waals surface area contributed by atoms with Crippen molar-refractivity contribution < 1.29 is 4.39 Å². The highest BCUT2D eigenvalue weighted by atomic mass is 35.5. The molecule has 2 heterocycles. The van der Waals surface area contributed by atoms with E-state index in [9.17, 15) is 9.18 Å². The monoisotopic (exact) mass is 418 g/mol. The molecule has 0 amide bonds. The van der Waals surface area contributed by atoms with Crippen LogP contribution in [0.2, 0.25) is 5.02 Å². The first-order valence-corrected chi connectivity index (χ1v) is 10.1. The van der Waals surface area contributed by atoms with Crippen LogP contribution in [0.15, 0.2) is 47.4 Å². The lowest BCUT2D eigenvalue weighted by Gasteiger charge is -2.16. The average molecular weight is 419 g/mol. The predicted molar refractivity (Wildman–Crippen MR) is 119 cm³/mol. The number of halogens is 2. The highest BCUT2D eigenvalue weighted by molar-refractivity contribution is 6.32. The summed E-state index contributed by atoms with van der Waals surface area (Å²) < 4.78 is 14.3. The molecule has 0 unspecified atom stereocenters. The van der Waals surface area contributed by atoms with Crippen molar-refractivity contribution in [1.82, 2.24) is 15.2 Å². The average Bonchev–Trinajstić information content (AvgIpc) is 3.45. The van der Waals surface area contributed by atoms with E-state index in [1.54, 1.807) is 12.3 Å². The van der Waals surface area contributed by atoms with Gasteiger partial charge in [-0.2, -0.15) is 5.10 Å². The Hall–Kier alpha value is -3.38. The molecule has 1 aliphatic carbocycles. The van der Waals surface area contributed by atoms with E-state index in [0.29, 0.717) is 33.0 Å². The van der Waals surface area contributed by atoms with E-state index >= 15 is 0 Å². The molecule has 0 radical (unpaired) electrons. The lowest BCUT2D eigenvalue weighted by molar-refractivity contribution is 0.636. The maximum atomic E-state index is 14.3. The molecular formula is C23H16ClFN4O. The summed E-state index contributed by atoms with van der Waals surface area (Å²) in [6.07, 6.45) is 3.81. The zero-order chi connectivity index (χ0) is 20.6. The molecule has 0 aliphatic heterocycles. The molecule has 4 N–H and O–H groups in total. The molecule has 0 bridgehead atoms. The molecule has 6 rings (SSSR count). The highest BCUT2D eigenvalue weighted by Gasteiger charge is 2.27. The summed E-state index contributed by atoms with van der Waals surface area (Å²) in [6, 6.07) is 10.9. The molecule has 1 aliphatic rings. The molecule has 7 heteroatoms. The molecule has 0 spiro atoms. The summed E-state index contributed by atoms with van der Waals surface area (Å²) in [5, 5.41) is 10.6. The number of fused-ring (bicyclic) bond motifs is 4. The van der Waals surface area contributed by atoms with Gasteiger partial charge < -0.3 is 10.7 Å². The molecule has 3 aromatic carbocycles. The molecule has 30 heavy (non-hydrogen) atoms. The van der Waals surface area contributed by atoms with Crippen molar-refractivity contribution in [3.05, 3.63) is 69.4 Å². The Labute approximate surface area is 174 Å². The fourth-order valence-corrected chi connectivity index (χ4v) is 4.61. The molecule has 148 valence electrons. The van der Waals surface area contributed by atoms with Gasteiger partial charge in [0.15, 0.2) is 0 Å². The van der Waals surface area contributed by atoms with Gasteiger partial charge in [0.05, 0.1) is 11.7 Å². The Morgan fingerprint density at radius 2 is 1.87 bits per heavy atom. The molecule has 2 aromatic heterocycles. The van der Waals surface area contributed by atoms with Gasteiger partial charge in [-0.05, 0) is 59.5 Å². The lowest BCUT2D eigenvalue weighted by Crippen LogP contribution is -2.14. The SMILES string of the molecule is Nc1c(-c2ccc(F)c3[nH]ncc23)c2cc(C3CC3)c3ccc(Cl)cc3c2[nH]c1=O. The van der Waals surface area contributed by atoms with Crippen molar-refractivity contribution in [2.75, 3.05) is 5.73 Å². The Kier molecular flexibility index (Phi) is 3.53. The number of nitrogens with two attached hydrogens (primary N) is 1. The van der Waals surface area contributed by atoms with Crippen molar-refractivity contribution in [2.24, 2.45) is 0 Å². The van der Waals surface area contributed by atoms with Gasteiger partial charge in [-0.15, -0.1) is 0 Å². The number of aromatic amines is 2. The third-order valence-electron chi connectivity index (χ3n) is 6.00. The predicted octanol–water partition coefficient (Wildman–Crippen LogP) is 5.48. The Morgan fingerprint density at radius 3 is 2.67 bits per heavy atom.